The van der Waals surface area contributed by atoms with Gasteiger partial charge in [-0.25, -0.2) is 4.39 Å². The molecule has 0 spiro atoms. The highest BCUT2D eigenvalue weighted by molar-refractivity contribution is 6.07. The van der Waals surface area contributed by atoms with Crippen molar-refractivity contribution < 1.29 is 14.3 Å². The van der Waals surface area contributed by atoms with Gasteiger partial charge in [0.05, 0.1) is 0 Å². The van der Waals surface area contributed by atoms with Crippen LogP contribution in [0.5, 0.6) is 5.75 Å². The van der Waals surface area contributed by atoms with Crippen molar-refractivity contribution in [3.63, 3.8) is 0 Å². The summed E-state index contributed by atoms with van der Waals surface area (Å²) in [5.41, 5.74) is 2.38. The second kappa shape index (κ2) is 5.05. The molecule has 0 aliphatic rings. The number of aromatic hydroxyl groups is 1. The van der Waals surface area contributed by atoms with Crippen LogP contribution in [0.3, 0.4) is 0 Å². The van der Waals surface area contributed by atoms with Gasteiger partial charge in [0.15, 0.2) is 5.78 Å². The lowest BCUT2D eigenvalue weighted by molar-refractivity contribution is 0.101. The molecule has 106 valence electrons. The van der Waals surface area contributed by atoms with E-state index in [0.29, 0.717) is 12.1 Å². The summed E-state index contributed by atoms with van der Waals surface area (Å²) in [7, 11) is 0. The van der Waals surface area contributed by atoms with Crippen molar-refractivity contribution in [2.45, 2.75) is 13.5 Å². The van der Waals surface area contributed by atoms with E-state index in [9.17, 15) is 14.3 Å². The largest absolute Gasteiger partial charge is 0.508 e. The van der Waals surface area contributed by atoms with Crippen molar-refractivity contribution in [3.05, 3.63) is 65.6 Å². The Balaban J connectivity index is 2.10. The van der Waals surface area contributed by atoms with E-state index in [4.69, 9.17) is 0 Å². The Hall–Kier alpha value is -2.62. The normalized spacial score (nSPS) is 11.0. The fourth-order valence-electron chi connectivity index (χ4n) is 2.48. The molecule has 4 heteroatoms. The molecule has 1 N–H and O–H groups in total. The minimum Gasteiger partial charge on any atom is -0.508 e. The number of hydrogen-bond donors (Lipinski definition) is 1. The maximum Gasteiger partial charge on any atom is 0.161 e. The van der Waals surface area contributed by atoms with Crippen LogP contribution in [0.2, 0.25) is 0 Å². The fourth-order valence-corrected chi connectivity index (χ4v) is 2.48. The molecule has 0 unspecified atom stereocenters. The third-order valence-corrected chi connectivity index (χ3v) is 3.51. The number of ketones is 1. The van der Waals surface area contributed by atoms with Crippen LogP contribution in [0.4, 0.5) is 4.39 Å². The number of Topliss-reactive ketones (excluding diaryl/α,β-unsaturated/α-hetero) is 1. The maximum absolute atomic E-state index is 13.0. The molecular formula is C17H14FNO2. The highest BCUT2D eigenvalue weighted by atomic mass is 19.1. The Morgan fingerprint density at radius 2 is 1.90 bits per heavy atom. The van der Waals surface area contributed by atoms with Crippen LogP contribution in [0.1, 0.15) is 22.8 Å². The number of carbonyl (C=O) groups excluding carboxylic acids is 1. The van der Waals surface area contributed by atoms with Gasteiger partial charge in [0.1, 0.15) is 11.6 Å². The zero-order valence-electron chi connectivity index (χ0n) is 11.5. The van der Waals surface area contributed by atoms with Gasteiger partial charge < -0.3 is 9.67 Å². The molecule has 21 heavy (non-hydrogen) atoms. The van der Waals surface area contributed by atoms with Crippen molar-refractivity contribution in [2.75, 3.05) is 0 Å². The first-order valence-electron chi connectivity index (χ1n) is 6.62. The first-order valence-corrected chi connectivity index (χ1v) is 6.62. The second-order valence-corrected chi connectivity index (χ2v) is 5.05. The van der Waals surface area contributed by atoms with Gasteiger partial charge in [-0.1, -0.05) is 12.1 Å². The van der Waals surface area contributed by atoms with Crippen molar-refractivity contribution in [1.82, 2.24) is 4.57 Å². The number of hydrogen-bond acceptors (Lipinski definition) is 2. The predicted molar refractivity (Wildman–Crippen MR) is 79.1 cm³/mol. The third kappa shape index (κ3) is 2.52. The number of rotatable bonds is 3. The van der Waals surface area contributed by atoms with Crippen LogP contribution in [0.15, 0.2) is 48.7 Å². The summed E-state index contributed by atoms with van der Waals surface area (Å²) in [4.78, 5) is 11.7. The van der Waals surface area contributed by atoms with Gasteiger partial charge in [-0.3, -0.25) is 4.79 Å². The van der Waals surface area contributed by atoms with Gasteiger partial charge in [0, 0.05) is 29.2 Å². The molecule has 0 radical (unpaired) electrons. The quantitative estimate of drug-likeness (QED) is 0.744. The standard InChI is InChI=1S/C17H14FNO2/c1-11(20)16-10-19(9-12-2-4-13(18)5-3-12)17-7-6-14(21)8-15(16)17/h2-8,10,21H,9H2,1H3. The lowest BCUT2D eigenvalue weighted by Gasteiger charge is -2.05. The Kier molecular flexibility index (Phi) is 3.22. The molecule has 2 aromatic carbocycles. The first-order chi connectivity index (χ1) is 10.0. The number of benzene rings is 2. The lowest BCUT2D eigenvalue weighted by atomic mass is 10.1. The van der Waals surface area contributed by atoms with E-state index in [2.05, 4.69) is 0 Å². The van der Waals surface area contributed by atoms with Crippen molar-refractivity contribution in [3.8, 4) is 5.75 Å². The van der Waals surface area contributed by atoms with Gasteiger partial charge in [-0.05, 0) is 42.8 Å². The Morgan fingerprint density at radius 3 is 2.57 bits per heavy atom. The van der Waals surface area contributed by atoms with E-state index >= 15 is 0 Å². The SMILES string of the molecule is CC(=O)c1cn(Cc2ccc(F)cc2)c2ccc(O)cc12. The smallest absolute Gasteiger partial charge is 0.161 e. The van der Waals surface area contributed by atoms with Gasteiger partial charge in [0.2, 0.25) is 0 Å². The molecule has 0 saturated carbocycles. The Labute approximate surface area is 121 Å². The average molecular weight is 283 g/mol. The molecule has 0 atom stereocenters. The van der Waals surface area contributed by atoms with Gasteiger partial charge >= 0.3 is 0 Å². The summed E-state index contributed by atoms with van der Waals surface area (Å²) < 4.78 is 14.9. The molecule has 0 fully saturated rings. The number of phenolic OH excluding ortho intramolecular Hbond substituents is 1. The average Bonchev–Trinajstić information content (AvgIpc) is 2.79. The van der Waals surface area contributed by atoms with E-state index in [1.165, 1.54) is 19.1 Å². The number of fused-ring (bicyclic) bond motifs is 1. The molecule has 0 saturated heterocycles. The van der Waals surface area contributed by atoms with Crippen LogP contribution in [-0.2, 0) is 6.54 Å². The Morgan fingerprint density at radius 1 is 1.19 bits per heavy atom. The van der Waals surface area contributed by atoms with Crippen LogP contribution in [0, 0.1) is 5.82 Å². The van der Waals surface area contributed by atoms with E-state index in [-0.39, 0.29) is 17.3 Å². The van der Waals surface area contributed by atoms with Crippen LogP contribution < -0.4 is 0 Å². The summed E-state index contributed by atoms with van der Waals surface area (Å²) in [5, 5.41) is 10.3. The zero-order chi connectivity index (χ0) is 15.0. The molecule has 1 heterocycles. The first kappa shape index (κ1) is 13.4. The summed E-state index contributed by atoms with van der Waals surface area (Å²) in [5.74, 6) is -0.196. The molecule has 3 nitrogen and oxygen atoms in total. The van der Waals surface area contributed by atoms with Crippen LogP contribution >= 0.6 is 0 Å². The number of nitrogens with zero attached hydrogens (tertiary/aromatic N) is 1. The summed E-state index contributed by atoms with van der Waals surface area (Å²) in [6, 6.07) is 11.2. The summed E-state index contributed by atoms with van der Waals surface area (Å²) >= 11 is 0. The zero-order valence-corrected chi connectivity index (χ0v) is 11.5. The predicted octanol–water partition coefficient (Wildman–Crippen LogP) is 3.74. The number of aromatic nitrogens is 1. The number of carbonyl (C=O) groups is 1. The van der Waals surface area contributed by atoms with E-state index in [1.807, 2.05) is 4.57 Å². The molecule has 0 amide bonds. The fraction of sp³-hybridized carbons (Fsp3) is 0.118. The molecule has 1 aromatic heterocycles. The topological polar surface area (TPSA) is 42.2 Å². The van der Waals surface area contributed by atoms with Gasteiger partial charge in [-0.2, -0.15) is 0 Å². The summed E-state index contributed by atoms with van der Waals surface area (Å²) in [6.07, 6.45) is 1.77. The number of phenols is 1. The van der Waals surface area contributed by atoms with E-state index < -0.39 is 0 Å². The number of halogens is 1. The molecular weight excluding hydrogens is 269 g/mol. The molecule has 3 aromatic rings. The monoisotopic (exact) mass is 283 g/mol. The highest BCUT2D eigenvalue weighted by Gasteiger charge is 2.12. The van der Waals surface area contributed by atoms with E-state index in [0.717, 1.165) is 16.5 Å². The van der Waals surface area contributed by atoms with Crippen molar-refractivity contribution in [2.24, 2.45) is 0 Å². The van der Waals surface area contributed by atoms with Gasteiger partial charge in [0.25, 0.3) is 0 Å². The maximum atomic E-state index is 13.0. The lowest BCUT2D eigenvalue weighted by Crippen LogP contribution is -1.98. The molecule has 3 rings (SSSR count). The summed E-state index contributed by atoms with van der Waals surface area (Å²) in [6.45, 7) is 2.04. The molecule has 0 aliphatic carbocycles. The molecule has 0 aliphatic heterocycles. The second-order valence-electron chi connectivity index (χ2n) is 5.05. The minimum atomic E-state index is -0.273. The third-order valence-electron chi connectivity index (χ3n) is 3.51. The highest BCUT2D eigenvalue weighted by Crippen LogP contribution is 2.26. The molecule has 0 bridgehead atoms. The van der Waals surface area contributed by atoms with Crippen molar-refractivity contribution in [1.29, 1.82) is 0 Å². The van der Waals surface area contributed by atoms with Crippen LogP contribution in [-0.4, -0.2) is 15.5 Å². The Bertz CT molecular complexity index is 819. The van der Waals surface area contributed by atoms with E-state index in [1.54, 1.807) is 36.5 Å². The van der Waals surface area contributed by atoms with Crippen LogP contribution in [0.25, 0.3) is 10.9 Å². The van der Waals surface area contributed by atoms with Gasteiger partial charge in [-0.15, -0.1) is 0 Å². The minimum absolute atomic E-state index is 0.0524. The van der Waals surface area contributed by atoms with Crippen molar-refractivity contribution >= 4 is 16.7 Å².